The van der Waals surface area contributed by atoms with Gasteiger partial charge in [0.05, 0.1) is 30.3 Å². The third kappa shape index (κ3) is 7.08. The lowest BCUT2D eigenvalue weighted by molar-refractivity contribution is -0.0588. The second-order valence-corrected chi connectivity index (χ2v) is 10.4. The Hall–Kier alpha value is -4.16. The summed E-state index contributed by atoms with van der Waals surface area (Å²) in [5.74, 6) is -0.284. The lowest BCUT2D eigenvalue weighted by Gasteiger charge is -2.36. The molecule has 4 atom stereocenters. The zero-order chi connectivity index (χ0) is 30.4. The molecule has 0 radical (unpaired) electrons. The van der Waals surface area contributed by atoms with Gasteiger partial charge in [0.2, 0.25) is 5.89 Å². The number of dihydropyridines is 1. The Morgan fingerprint density at radius 3 is 2.63 bits per heavy atom. The number of rotatable bonds is 11. The third-order valence-corrected chi connectivity index (χ3v) is 7.52. The molecule has 2 aromatic heterocycles. The van der Waals surface area contributed by atoms with E-state index >= 15 is 0 Å². The lowest BCUT2D eigenvalue weighted by atomic mass is 9.77. The Morgan fingerprint density at radius 1 is 1.07 bits per heavy atom. The van der Waals surface area contributed by atoms with E-state index in [2.05, 4.69) is 25.3 Å². The number of hydrogen-bond donors (Lipinski definition) is 2. The molecule has 0 bridgehead atoms. The third-order valence-electron chi connectivity index (χ3n) is 7.52. The van der Waals surface area contributed by atoms with Gasteiger partial charge in [-0.25, -0.2) is 15.0 Å². The van der Waals surface area contributed by atoms with Crippen molar-refractivity contribution >= 4 is 11.6 Å². The zero-order valence-corrected chi connectivity index (χ0v) is 23.6. The maximum atomic E-state index is 13.3. The summed E-state index contributed by atoms with van der Waals surface area (Å²) in [5, 5.41) is 2.87. The number of nitrogens with two attached hydrogens (primary N) is 1. The van der Waals surface area contributed by atoms with Crippen molar-refractivity contribution < 1.29 is 27.1 Å². The number of aliphatic imine (C=N–C) groups is 1. The molecule has 4 unspecified atom stereocenters. The van der Waals surface area contributed by atoms with Crippen LogP contribution in [0, 0.1) is 5.92 Å². The van der Waals surface area contributed by atoms with Gasteiger partial charge in [-0.15, -0.1) is 0 Å². The first kappa shape index (κ1) is 30.3. The SMILES string of the molecule is COC1C=CC(c2nc(C(=O)NCCCCCc3nccc(-c4ccccc4)n3)c(CN)o2)C2C=CC(C(F)(F)F)=NC12. The Balaban J connectivity index is 1.16. The number of hydrogen-bond acceptors (Lipinski definition) is 8. The number of ether oxygens (including phenoxy) is 1. The second kappa shape index (κ2) is 13.4. The van der Waals surface area contributed by atoms with E-state index < -0.39 is 41.8 Å². The molecule has 0 saturated carbocycles. The van der Waals surface area contributed by atoms with Crippen LogP contribution in [0.5, 0.6) is 0 Å². The summed E-state index contributed by atoms with van der Waals surface area (Å²) in [7, 11) is 1.42. The van der Waals surface area contributed by atoms with Crippen LogP contribution in [0.15, 0.2) is 76.3 Å². The molecule has 1 aliphatic heterocycles. The van der Waals surface area contributed by atoms with Crippen LogP contribution < -0.4 is 11.1 Å². The minimum absolute atomic E-state index is 0.0603. The van der Waals surface area contributed by atoms with E-state index in [1.54, 1.807) is 18.3 Å². The van der Waals surface area contributed by atoms with Gasteiger partial charge in [-0.1, -0.05) is 55.0 Å². The molecule has 12 heteroatoms. The number of benzene rings is 1. The highest BCUT2D eigenvalue weighted by Gasteiger charge is 2.44. The number of carbonyl (C=O) groups excluding carboxylic acids is 1. The van der Waals surface area contributed by atoms with Gasteiger partial charge in [0.1, 0.15) is 11.5 Å². The van der Waals surface area contributed by atoms with Crippen LogP contribution in [0.1, 0.15) is 53.1 Å². The molecule has 1 amide bonds. The van der Waals surface area contributed by atoms with E-state index in [0.29, 0.717) is 6.54 Å². The Bertz CT molecular complexity index is 1500. The summed E-state index contributed by atoms with van der Waals surface area (Å²) in [5.41, 5.74) is 6.88. The maximum Gasteiger partial charge on any atom is 0.432 e. The number of aryl methyl sites for hydroxylation is 1. The van der Waals surface area contributed by atoms with Crippen LogP contribution in [0.4, 0.5) is 13.2 Å². The number of halogens is 3. The van der Waals surface area contributed by atoms with Crippen molar-refractivity contribution in [2.75, 3.05) is 13.7 Å². The van der Waals surface area contributed by atoms with Gasteiger partial charge >= 0.3 is 6.18 Å². The molecule has 1 aliphatic carbocycles. The van der Waals surface area contributed by atoms with Crippen LogP contribution in [0.2, 0.25) is 0 Å². The molecule has 3 N–H and O–H groups in total. The largest absolute Gasteiger partial charge is 0.443 e. The maximum absolute atomic E-state index is 13.3. The quantitative estimate of drug-likeness (QED) is 0.237. The first-order valence-electron chi connectivity index (χ1n) is 14.2. The number of carbonyl (C=O) groups is 1. The highest BCUT2D eigenvalue weighted by molar-refractivity contribution is 6.00. The molecule has 0 fully saturated rings. The van der Waals surface area contributed by atoms with Crippen LogP contribution in [0.3, 0.4) is 0 Å². The summed E-state index contributed by atoms with van der Waals surface area (Å²) in [4.78, 5) is 30.4. The molecule has 226 valence electrons. The van der Waals surface area contributed by atoms with Crippen molar-refractivity contribution in [2.24, 2.45) is 16.6 Å². The molecule has 5 rings (SSSR count). The fourth-order valence-corrected chi connectivity index (χ4v) is 5.32. The van der Waals surface area contributed by atoms with Crippen LogP contribution in [-0.2, 0) is 17.7 Å². The van der Waals surface area contributed by atoms with E-state index in [1.807, 2.05) is 36.4 Å². The number of alkyl halides is 3. The monoisotopic (exact) mass is 594 g/mol. The molecule has 3 aromatic rings. The van der Waals surface area contributed by atoms with Gasteiger partial charge in [-0.2, -0.15) is 13.2 Å². The number of fused-ring (bicyclic) bond motifs is 1. The van der Waals surface area contributed by atoms with Crippen molar-refractivity contribution in [3.63, 3.8) is 0 Å². The number of methoxy groups -OCH3 is 1. The van der Waals surface area contributed by atoms with Gasteiger partial charge in [-0.3, -0.25) is 9.79 Å². The van der Waals surface area contributed by atoms with Gasteiger partial charge < -0.3 is 20.2 Å². The summed E-state index contributed by atoms with van der Waals surface area (Å²) in [6.45, 7) is 0.367. The van der Waals surface area contributed by atoms with Crippen molar-refractivity contribution in [2.45, 2.75) is 56.5 Å². The Kier molecular flexibility index (Phi) is 9.46. The van der Waals surface area contributed by atoms with E-state index in [1.165, 1.54) is 13.2 Å². The van der Waals surface area contributed by atoms with Crippen molar-refractivity contribution in [3.05, 3.63) is 90.1 Å². The number of nitrogens with one attached hydrogen (secondary N) is 1. The summed E-state index contributed by atoms with van der Waals surface area (Å²) < 4.78 is 51.2. The standard InChI is InChI=1S/C31H33F3N6O3/c1-42-23-13-11-21(20-12-14-25(31(32,33)34)39-27(20)23)30-40-28(24(18-35)43-30)29(41)37-16-7-3-6-10-26-36-17-15-22(38-26)19-8-4-2-5-9-19/h2,4-5,8-9,11-15,17,20-21,23,27H,3,6-7,10,16,18,35H2,1H3,(H,37,41). The van der Waals surface area contributed by atoms with Crippen LogP contribution in [-0.4, -0.2) is 58.5 Å². The summed E-state index contributed by atoms with van der Waals surface area (Å²) in [6, 6.07) is 11.0. The smallest absolute Gasteiger partial charge is 0.432 e. The van der Waals surface area contributed by atoms with Gasteiger partial charge in [0.15, 0.2) is 11.5 Å². The minimum Gasteiger partial charge on any atom is -0.443 e. The number of allylic oxidation sites excluding steroid dienone is 2. The predicted molar refractivity (Wildman–Crippen MR) is 154 cm³/mol. The van der Waals surface area contributed by atoms with Gasteiger partial charge in [-0.05, 0) is 25.0 Å². The van der Waals surface area contributed by atoms with E-state index in [0.717, 1.165) is 48.8 Å². The molecule has 0 saturated heterocycles. The molecule has 43 heavy (non-hydrogen) atoms. The number of unbranched alkanes of at least 4 members (excludes halogenated alkanes) is 2. The molecule has 9 nitrogen and oxygen atoms in total. The number of nitrogens with zero attached hydrogens (tertiary/aromatic N) is 4. The molecular weight excluding hydrogens is 561 g/mol. The number of aromatic nitrogens is 3. The fraction of sp³-hybridized carbons (Fsp3) is 0.387. The average molecular weight is 595 g/mol. The normalized spacial score (nSPS) is 21.4. The van der Waals surface area contributed by atoms with Crippen molar-refractivity contribution in [1.82, 2.24) is 20.3 Å². The topological polar surface area (TPSA) is 129 Å². The molecule has 3 heterocycles. The Morgan fingerprint density at radius 2 is 1.88 bits per heavy atom. The van der Waals surface area contributed by atoms with Crippen molar-refractivity contribution in [3.8, 4) is 11.3 Å². The number of amides is 1. The zero-order valence-electron chi connectivity index (χ0n) is 23.6. The van der Waals surface area contributed by atoms with Gasteiger partial charge in [0, 0.05) is 37.8 Å². The highest BCUT2D eigenvalue weighted by Crippen LogP contribution is 2.40. The predicted octanol–water partition coefficient (Wildman–Crippen LogP) is 4.96. The average Bonchev–Trinajstić information content (AvgIpc) is 3.46. The highest BCUT2D eigenvalue weighted by atomic mass is 19.4. The molecule has 1 aromatic carbocycles. The van der Waals surface area contributed by atoms with Gasteiger partial charge in [0.25, 0.3) is 5.91 Å². The first-order chi connectivity index (χ1) is 20.8. The van der Waals surface area contributed by atoms with Crippen LogP contribution >= 0.6 is 0 Å². The molecule has 2 aliphatic rings. The molecular formula is C31H33F3N6O3. The summed E-state index contributed by atoms with van der Waals surface area (Å²) >= 11 is 0. The second-order valence-electron chi connectivity index (χ2n) is 10.4. The Labute approximate surface area is 247 Å². The van der Waals surface area contributed by atoms with Crippen LogP contribution in [0.25, 0.3) is 11.3 Å². The first-order valence-corrected chi connectivity index (χ1v) is 14.2. The summed E-state index contributed by atoms with van der Waals surface area (Å²) in [6.07, 6.45) is 5.57. The van der Waals surface area contributed by atoms with Crippen molar-refractivity contribution in [1.29, 1.82) is 0 Å². The van der Waals surface area contributed by atoms with E-state index in [9.17, 15) is 18.0 Å². The minimum atomic E-state index is -4.57. The lowest BCUT2D eigenvalue weighted by Crippen LogP contribution is -2.41. The number of oxazole rings is 1. The fourth-order valence-electron chi connectivity index (χ4n) is 5.32. The van der Waals surface area contributed by atoms with E-state index in [4.69, 9.17) is 14.9 Å². The van der Waals surface area contributed by atoms with E-state index in [-0.39, 0.29) is 23.9 Å². The molecule has 0 spiro atoms.